The second kappa shape index (κ2) is 17.2. The van der Waals surface area contributed by atoms with E-state index in [4.69, 9.17) is 9.47 Å². The van der Waals surface area contributed by atoms with Crippen LogP contribution in [0.1, 0.15) is 46.3 Å². The topological polar surface area (TPSA) is 51.7 Å². The SMILES string of the molecule is COC(=O)c1c2c(c3ccccc3c1N(CCCN(C)C)CCCN(C)C)OC(c1ccccc1)(c1ccc(N(C)CCCN(C)C)cc1)C=C2. The molecule has 1 heterocycles. The Morgan fingerprint density at radius 2 is 1.18 bits per heavy atom. The number of rotatable bonds is 17. The summed E-state index contributed by atoms with van der Waals surface area (Å²) >= 11 is 0. The first-order valence-corrected chi connectivity index (χ1v) is 18.2. The van der Waals surface area contributed by atoms with Crippen LogP contribution in [-0.2, 0) is 10.3 Å². The van der Waals surface area contributed by atoms with Crippen LogP contribution in [0.4, 0.5) is 11.4 Å². The number of hydrogen-bond donors (Lipinski definition) is 0. The first kappa shape index (κ1) is 37.9. The maximum atomic E-state index is 14.0. The van der Waals surface area contributed by atoms with Crippen molar-refractivity contribution in [3.8, 4) is 5.75 Å². The molecular formula is C43H57N5O3. The normalized spacial score (nSPS) is 15.4. The lowest BCUT2D eigenvalue weighted by atomic mass is 9.82. The van der Waals surface area contributed by atoms with Crippen molar-refractivity contribution >= 4 is 34.2 Å². The number of esters is 1. The monoisotopic (exact) mass is 691 g/mol. The summed E-state index contributed by atoms with van der Waals surface area (Å²) in [4.78, 5) is 25.3. The highest BCUT2D eigenvalue weighted by Crippen LogP contribution is 2.50. The molecule has 0 radical (unpaired) electrons. The van der Waals surface area contributed by atoms with Gasteiger partial charge in [-0.3, -0.25) is 0 Å². The van der Waals surface area contributed by atoms with Crippen molar-refractivity contribution in [3.05, 3.63) is 107 Å². The molecule has 51 heavy (non-hydrogen) atoms. The molecule has 0 N–H and O–H groups in total. The molecule has 5 rings (SSSR count). The molecule has 8 heteroatoms. The third kappa shape index (κ3) is 8.75. The van der Waals surface area contributed by atoms with E-state index in [9.17, 15) is 4.79 Å². The maximum absolute atomic E-state index is 14.0. The molecule has 0 fully saturated rings. The summed E-state index contributed by atoms with van der Waals surface area (Å²) < 4.78 is 12.9. The Morgan fingerprint density at radius 3 is 1.75 bits per heavy atom. The highest BCUT2D eigenvalue weighted by molar-refractivity contribution is 6.13. The van der Waals surface area contributed by atoms with Crippen LogP contribution in [0, 0.1) is 0 Å². The number of anilines is 2. The highest BCUT2D eigenvalue weighted by atomic mass is 16.5. The minimum atomic E-state index is -0.912. The zero-order chi connectivity index (χ0) is 36.5. The zero-order valence-corrected chi connectivity index (χ0v) is 32.0. The lowest BCUT2D eigenvalue weighted by Gasteiger charge is -2.38. The number of carbonyl (C=O) groups is 1. The van der Waals surface area contributed by atoms with E-state index in [1.165, 1.54) is 7.11 Å². The lowest BCUT2D eigenvalue weighted by Crippen LogP contribution is -2.36. The Morgan fingerprint density at radius 1 is 0.647 bits per heavy atom. The van der Waals surface area contributed by atoms with E-state index in [0.717, 1.165) is 97.4 Å². The van der Waals surface area contributed by atoms with Gasteiger partial charge in [-0.2, -0.15) is 0 Å². The van der Waals surface area contributed by atoms with E-state index in [2.05, 4.69) is 153 Å². The molecule has 0 bridgehead atoms. The van der Waals surface area contributed by atoms with E-state index >= 15 is 0 Å². The molecule has 1 aliphatic rings. The van der Waals surface area contributed by atoms with Crippen molar-refractivity contribution in [3.63, 3.8) is 0 Å². The van der Waals surface area contributed by atoms with Crippen molar-refractivity contribution in [2.45, 2.75) is 24.9 Å². The van der Waals surface area contributed by atoms with Crippen molar-refractivity contribution in [1.29, 1.82) is 0 Å². The van der Waals surface area contributed by atoms with E-state index in [0.29, 0.717) is 11.3 Å². The fourth-order valence-electron chi connectivity index (χ4n) is 7.08. The lowest BCUT2D eigenvalue weighted by molar-refractivity contribution is 0.0599. The summed E-state index contributed by atoms with van der Waals surface area (Å²) in [5, 5.41) is 1.96. The van der Waals surface area contributed by atoms with Crippen LogP contribution < -0.4 is 14.5 Å². The number of benzene rings is 4. The molecule has 1 aliphatic heterocycles. The molecule has 1 atom stereocenters. The molecular weight excluding hydrogens is 635 g/mol. The molecule has 4 aromatic carbocycles. The van der Waals surface area contributed by atoms with Gasteiger partial charge in [0.15, 0.2) is 5.60 Å². The first-order valence-electron chi connectivity index (χ1n) is 18.2. The molecule has 0 aliphatic carbocycles. The summed E-state index contributed by atoms with van der Waals surface area (Å²) in [5.74, 6) is 0.326. The molecule has 0 amide bonds. The van der Waals surface area contributed by atoms with Crippen LogP contribution in [0.25, 0.3) is 16.8 Å². The first-order chi connectivity index (χ1) is 24.6. The van der Waals surface area contributed by atoms with Gasteiger partial charge in [-0.25, -0.2) is 4.79 Å². The van der Waals surface area contributed by atoms with Gasteiger partial charge in [0.2, 0.25) is 0 Å². The minimum absolute atomic E-state index is 0.362. The van der Waals surface area contributed by atoms with Gasteiger partial charge >= 0.3 is 5.97 Å². The fourth-order valence-corrected chi connectivity index (χ4v) is 7.08. The summed E-state index contributed by atoms with van der Waals surface area (Å²) in [6.07, 6.45) is 7.22. The summed E-state index contributed by atoms with van der Waals surface area (Å²) in [7, 11) is 16.2. The Balaban J connectivity index is 1.66. The summed E-state index contributed by atoms with van der Waals surface area (Å²) in [5.41, 5.74) is 4.50. The van der Waals surface area contributed by atoms with E-state index in [-0.39, 0.29) is 5.97 Å². The van der Waals surface area contributed by atoms with Crippen LogP contribution in [-0.4, -0.2) is 116 Å². The molecule has 4 aromatic rings. The standard InChI is InChI=1S/C43H57N5O3/c1-44(2)27-14-30-47(7)35-23-21-34(22-24-35)43(33-17-10-9-11-18-33)26-25-38-39(42(49)50-8)40(36-19-12-13-20-37(36)41(38)51-43)48(31-15-28-45(3)4)32-16-29-46(5)6/h9-13,17-26H,14-16,27-32H2,1-8H3. The number of nitrogens with zero attached hydrogens (tertiary/aromatic N) is 5. The van der Waals surface area contributed by atoms with Crippen molar-refractivity contribution < 1.29 is 14.3 Å². The molecule has 0 spiro atoms. The Hall–Kier alpha value is -4.37. The number of ether oxygens (including phenoxy) is 2. The number of fused-ring (bicyclic) bond motifs is 3. The van der Waals surface area contributed by atoms with Gasteiger partial charge in [0.1, 0.15) is 5.75 Å². The number of hydrogen-bond acceptors (Lipinski definition) is 8. The van der Waals surface area contributed by atoms with Gasteiger partial charge in [0.05, 0.1) is 18.4 Å². The molecule has 272 valence electrons. The summed E-state index contributed by atoms with van der Waals surface area (Å²) in [6, 6.07) is 27.4. The van der Waals surface area contributed by atoms with Gasteiger partial charge < -0.3 is 34.0 Å². The molecule has 1 unspecified atom stereocenters. The van der Waals surface area contributed by atoms with Crippen LogP contribution in [0.5, 0.6) is 5.75 Å². The van der Waals surface area contributed by atoms with E-state index in [1.54, 1.807) is 0 Å². The third-order valence-corrected chi connectivity index (χ3v) is 9.74. The highest BCUT2D eigenvalue weighted by Gasteiger charge is 2.40. The van der Waals surface area contributed by atoms with Gasteiger partial charge in [0.25, 0.3) is 0 Å². The average molecular weight is 692 g/mol. The Kier molecular flexibility index (Phi) is 12.8. The van der Waals surface area contributed by atoms with Gasteiger partial charge in [0, 0.05) is 59.8 Å². The van der Waals surface area contributed by atoms with Crippen molar-refractivity contribution in [1.82, 2.24) is 14.7 Å². The smallest absolute Gasteiger partial charge is 0.340 e. The molecule has 8 nitrogen and oxygen atoms in total. The fraction of sp³-hybridized carbons (Fsp3) is 0.419. The predicted octanol–water partition coefficient (Wildman–Crippen LogP) is 7.07. The maximum Gasteiger partial charge on any atom is 0.340 e. The molecule has 0 saturated carbocycles. The van der Waals surface area contributed by atoms with Gasteiger partial charge in [-0.15, -0.1) is 0 Å². The molecule has 0 saturated heterocycles. The Labute approximate surface area is 305 Å². The second-order valence-corrected chi connectivity index (χ2v) is 14.5. The predicted molar refractivity (Wildman–Crippen MR) is 214 cm³/mol. The van der Waals surface area contributed by atoms with E-state index < -0.39 is 5.60 Å². The quantitative estimate of drug-likeness (QED) is 0.109. The second-order valence-electron chi connectivity index (χ2n) is 14.5. The van der Waals surface area contributed by atoms with Crippen molar-refractivity contribution in [2.75, 3.05) is 106 Å². The minimum Gasteiger partial charge on any atom is -0.472 e. The van der Waals surface area contributed by atoms with Crippen LogP contribution >= 0.6 is 0 Å². The average Bonchev–Trinajstić information content (AvgIpc) is 3.13. The van der Waals surface area contributed by atoms with Crippen molar-refractivity contribution in [2.24, 2.45) is 0 Å². The van der Waals surface area contributed by atoms with Crippen LogP contribution in [0.15, 0.2) is 84.9 Å². The zero-order valence-electron chi connectivity index (χ0n) is 32.0. The number of carbonyl (C=O) groups excluding carboxylic acids is 1. The number of methoxy groups -OCH3 is 1. The van der Waals surface area contributed by atoms with Crippen LogP contribution in [0.2, 0.25) is 0 Å². The van der Waals surface area contributed by atoms with E-state index in [1.807, 2.05) is 12.1 Å². The third-order valence-electron chi connectivity index (χ3n) is 9.74. The van der Waals surface area contributed by atoms with Gasteiger partial charge in [-0.1, -0.05) is 66.7 Å². The largest absolute Gasteiger partial charge is 0.472 e. The molecule has 0 aromatic heterocycles. The van der Waals surface area contributed by atoms with Crippen LogP contribution in [0.3, 0.4) is 0 Å². The Bertz CT molecular complexity index is 1760. The van der Waals surface area contributed by atoms with Gasteiger partial charge in [-0.05, 0) is 105 Å². The summed E-state index contributed by atoms with van der Waals surface area (Å²) in [6.45, 7) is 5.54.